The third kappa shape index (κ3) is 3.55. The predicted molar refractivity (Wildman–Crippen MR) is 69.9 cm³/mol. The van der Waals surface area contributed by atoms with Crippen molar-refractivity contribution in [1.82, 2.24) is 0 Å². The molecule has 1 aromatic carbocycles. The number of carbonyl (C=O) groups is 1. The fourth-order valence-electron chi connectivity index (χ4n) is 1.57. The smallest absolute Gasteiger partial charge is 0.203 e. The van der Waals surface area contributed by atoms with E-state index in [9.17, 15) is 4.79 Å². The summed E-state index contributed by atoms with van der Waals surface area (Å²) >= 11 is 0. The van der Waals surface area contributed by atoms with Gasteiger partial charge in [0.15, 0.2) is 11.5 Å². The topological polar surface area (TPSA) is 56.8 Å². The summed E-state index contributed by atoms with van der Waals surface area (Å²) in [5, 5.41) is 3.14. The van der Waals surface area contributed by atoms with Gasteiger partial charge in [0.25, 0.3) is 0 Å². The Morgan fingerprint density at radius 3 is 2.06 bits per heavy atom. The van der Waals surface area contributed by atoms with Crippen LogP contribution in [0, 0.1) is 0 Å². The molecule has 0 bridgehead atoms. The first-order valence-corrected chi connectivity index (χ1v) is 5.65. The number of ether oxygens (including phenoxy) is 3. The molecule has 0 saturated heterocycles. The lowest BCUT2D eigenvalue weighted by Gasteiger charge is -2.14. The Hall–Kier alpha value is -1.91. The maximum atomic E-state index is 10.9. The van der Waals surface area contributed by atoms with Crippen molar-refractivity contribution in [3.63, 3.8) is 0 Å². The van der Waals surface area contributed by atoms with E-state index < -0.39 is 0 Å². The van der Waals surface area contributed by atoms with Crippen molar-refractivity contribution in [2.24, 2.45) is 0 Å². The van der Waals surface area contributed by atoms with Gasteiger partial charge in [-0.3, -0.25) is 4.79 Å². The number of hydrogen-bond donors (Lipinski definition) is 1. The van der Waals surface area contributed by atoms with E-state index in [1.807, 2.05) is 12.1 Å². The second kappa shape index (κ2) is 6.74. The third-order valence-corrected chi connectivity index (χ3v) is 2.47. The molecule has 0 aromatic heterocycles. The first-order chi connectivity index (χ1) is 8.62. The highest BCUT2D eigenvalue weighted by atomic mass is 16.5. The van der Waals surface area contributed by atoms with Crippen molar-refractivity contribution in [1.29, 1.82) is 0 Å². The number of rotatable bonds is 7. The van der Waals surface area contributed by atoms with Crippen LogP contribution in [0.2, 0.25) is 0 Å². The first-order valence-electron chi connectivity index (χ1n) is 5.65. The number of methoxy groups -OCH3 is 3. The van der Waals surface area contributed by atoms with Gasteiger partial charge in [0, 0.05) is 30.8 Å². The predicted octanol–water partition coefficient (Wildman–Crippen LogP) is 2.10. The molecule has 0 aliphatic carbocycles. The number of benzene rings is 1. The molecule has 0 unspecified atom stereocenters. The fraction of sp³-hybridized carbons (Fsp3) is 0.462. The SMILES string of the molecule is COc1cc(NCCC(C)=O)cc(OC)c1OC. The number of ketones is 1. The number of anilines is 1. The van der Waals surface area contributed by atoms with E-state index in [1.54, 1.807) is 28.3 Å². The highest BCUT2D eigenvalue weighted by Gasteiger charge is 2.12. The van der Waals surface area contributed by atoms with Crippen molar-refractivity contribution in [3.05, 3.63) is 12.1 Å². The monoisotopic (exact) mass is 253 g/mol. The van der Waals surface area contributed by atoms with Crippen molar-refractivity contribution in [2.75, 3.05) is 33.2 Å². The average molecular weight is 253 g/mol. The summed E-state index contributed by atoms with van der Waals surface area (Å²) in [6.45, 7) is 2.14. The van der Waals surface area contributed by atoms with Gasteiger partial charge in [-0.25, -0.2) is 0 Å². The second-order valence-corrected chi connectivity index (χ2v) is 3.79. The molecule has 1 aromatic rings. The van der Waals surface area contributed by atoms with Gasteiger partial charge in [0.2, 0.25) is 5.75 Å². The Kier molecular flexibility index (Phi) is 5.30. The summed E-state index contributed by atoms with van der Waals surface area (Å²) in [7, 11) is 4.69. The van der Waals surface area contributed by atoms with Crippen LogP contribution in [0.5, 0.6) is 17.2 Å². The second-order valence-electron chi connectivity index (χ2n) is 3.79. The van der Waals surface area contributed by atoms with Gasteiger partial charge in [-0.1, -0.05) is 0 Å². The van der Waals surface area contributed by atoms with Crippen LogP contribution < -0.4 is 19.5 Å². The zero-order valence-electron chi connectivity index (χ0n) is 11.2. The molecule has 0 aliphatic heterocycles. The van der Waals surface area contributed by atoms with Crippen LogP contribution in [-0.4, -0.2) is 33.7 Å². The van der Waals surface area contributed by atoms with E-state index in [0.717, 1.165) is 5.69 Å². The average Bonchev–Trinajstić information content (AvgIpc) is 2.36. The van der Waals surface area contributed by atoms with Gasteiger partial charge in [-0.15, -0.1) is 0 Å². The highest BCUT2D eigenvalue weighted by molar-refractivity contribution is 5.76. The normalized spacial score (nSPS) is 9.78. The molecule has 0 amide bonds. The third-order valence-electron chi connectivity index (χ3n) is 2.47. The molecule has 5 nitrogen and oxygen atoms in total. The summed E-state index contributed by atoms with van der Waals surface area (Å²) < 4.78 is 15.7. The van der Waals surface area contributed by atoms with E-state index in [2.05, 4.69) is 5.32 Å². The van der Waals surface area contributed by atoms with Gasteiger partial charge in [0.1, 0.15) is 5.78 Å². The summed E-state index contributed by atoms with van der Waals surface area (Å²) in [6, 6.07) is 3.61. The molecule has 18 heavy (non-hydrogen) atoms. The van der Waals surface area contributed by atoms with E-state index in [4.69, 9.17) is 14.2 Å². The maximum absolute atomic E-state index is 10.9. The molecule has 0 aliphatic rings. The van der Waals surface area contributed by atoms with Crippen LogP contribution >= 0.6 is 0 Å². The molecular weight excluding hydrogens is 234 g/mol. The molecule has 5 heteroatoms. The molecule has 1 N–H and O–H groups in total. The van der Waals surface area contributed by atoms with Gasteiger partial charge in [0.05, 0.1) is 21.3 Å². The van der Waals surface area contributed by atoms with E-state index in [0.29, 0.717) is 30.2 Å². The highest BCUT2D eigenvalue weighted by Crippen LogP contribution is 2.39. The van der Waals surface area contributed by atoms with E-state index in [-0.39, 0.29) is 5.78 Å². The standard InChI is InChI=1S/C13H19NO4/c1-9(15)5-6-14-10-7-11(16-2)13(18-4)12(8-10)17-3/h7-8,14H,5-6H2,1-4H3. The summed E-state index contributed by atoms with van der Waals surface area (Å²) in [4.78, 5) is 10.9. The molecule has 100 valence electrons. The van der Waals surface area contributed by atoms with E-state index in [1.165, 1.54) is 0 Å². The summed E-state index contributed by atoms with van der Waals surface area (Å²) in [5.74, 6) is 1.87. The Morgan fingerprint density at radius 2 is 1.67 bits per heavy atom. The fourth-order valence-corrected chi connectivity index (χ4v) is 1.57. The lowest BCUT2D eigenvalue weighted by molar-refractivity contribution is -0.116. The van der Waals surface area contributed by atoms with E-state index >= 15 is 0 Å². The lowest BCUT2D eigenvalue weighted by Crippen LogP contribution is -2.06. The minimum Gasteiger partial charge on any atom is -0.493 e. The number of Topliss-reactive ketones (excluding diaryl/α,β-unsaturated/α-hetero) is 1. The van der Waals surface area contributed by atoms with Crippen LogP contribution in [0.25, 0.3) is 0 Å². The van der Waals surface area contributed by atoms with Crippen molar-refractivity contribution >= 4 is 11.5 Å². The van der Waals surface area contributed by atoms with Crippen LogP contribution in [0.1, 0.15) is 13.3 Å². The Balaban J connectivity index is 2.89. The van der Waals surface area contributed by atoms with Crippen LogP contribution in [0.3, 0.4) is 0 Å². The zero-order chi connectivity index (χ0) is 13.5. The molecule has 0 heterocycles. The zero-order valence-corrected chi connectivity index (χ0v) is 11.2. The molecule has 0 saturated carbocycles. The lowest BCUT2D eigenvalue weighted by atomic mass is 10.2. The summed E-state index contributed by atoms with van der Waals surface area (Å²) in [5.41, 5.74) is 0.825. The van der Waals surface area contributed by atoms with Gasteiger partial charge in [-0.05, 0) is 6.92 Å². The van der Waals surface area contributed by atoms with Gasteiger partial charge in [-0.2, -0.15) is 0 Å². The Labute approximate surface area is 107 Å². The van der Waals surface area contributed by atoms with Crippen LogP contribution in [0.4, 0.5) is 5.69 Å². The first kappa shape index (κ1) is 14.2. The number of nitrogens with one attached hydrogen (secondary N) is 1. The Morgan fingerprint density at radius 1 is 1.11 bits per heavy atom. The van der Waals surface area contributed by atoms with Crippen molar-refractivity contribution < 1.29 is 19.0 Å². The quantitative estimate of drug-likeness (QED) is 0.806. The number of carbonyl (C=O) groups excluding carboxylic acids is 1. The number of hydrogen-bond acceptors (Lipinski definition) is 5. The van der Waals surface area contributed by atoms with Gasteiger partial charge < -0.3 is 19.5 Å². The molecule has 0 fully saturated rings. The Bertz CT molecular complexity index is 392. The van der Waals surface area contributed by atoms with Crippen molar-refractivity contribution in [2.45, 2.75) is 13.3 Å². The molecule has 0 atom stereocenters. The minimum atomic E-state index is 0.148. The molecule has 0 spiro atoms. The molecule has 0 radical (unpaired) electrons. The molecular formula is C13H19NO4. The minimum absolute atomic E-state index is 0.148. The van der Waals surface area contributed by atoms with Gasteiger partial charge >= 0.3 is 0 Å². The van der Waals surface area contributed by atoms with Crippen molar-refractivity contribution in [3.8, 4) is 17.2 Å². The molecule has 1 rings (SSSR count). The largest absolute Gasteiger partial charge is 0.493 e. The van der Waals surface area contributed by atoms with Crippen LogP contribution in [0.15, 0.2) is 12.1 Å². The summed E-state index contributed by atoms with van der Waals surface area (Å²) in [6.07, 6.45) is 0.483. The van der Waals surface area contributed by atoms with Crippen LogP contribution in [-0.2, 0) is 4.79 Å². The maximum Gasteiger partial charge on any atom is 0.203 e.